The zero-order valence-corrected chi connectivity index (χ0v) is 14.0. The Morgan fingerprint density at radius 2 is 2.00 bits per heavy atom. The van der Waals surface area contributed by atoms with Gasteiger partial charge in [-0.25, -0.2) is 9.59 Å². The molecule has 7 nitrogen and oxygen atoms in total. The van der Waals surface area contributed by atoms with E-state index in [-0.39, 0.29) is 24.6 Å². The van der Waals surface area contributed by atoms with E-state index in [0.717, 1.165) is 0 Å². The van der Waals surface area contributed by atoms with Crippen molar-refractivity contribution in [1.82, 2.24) is 0 Å². The van der Waals surface area contributed by atoms with E-state index in [0.29, 0.717) is 15.7 Å². The number of hydrogen-bond acceptors (Lipinski definition) is 7. The average molecular weight is 381 g/mol. The smallest absolute Gasteiger partial charge is 0.355 e. The Morgan fingerprint density at radius 3 is 2.61 bits per heavy atom. The highest BCUT2D eigenvalue weighted by Gasteiger charge is 2.33. The molecule has 1 aromatic rings. The van der Waals surface area contributed by atoms with Gasteiger partial charge in [-0.3, -0.25) is 0 Å². The molecule has 120 valence electrons. The molecular weight excluding hydrogens is 368 g/mol. The van der Waals surface area contributed by atoms with E-state index in [9.17, 15) is 14.9 Å². The summed E-state index contributed by atoms with van der Waals surface area (Å²) in [6.45, 7) is -0.0838. The van der Waals surface area contributed by atoms with E-state index in [1.807, 2.05) is 6.07 Å². The van der Waals surface area contributed by atoms with Crippen molar-refractivity contribution in [3.8, 4) is 6.07 Å². The Labute approximate surface area is 141 Å². The number of esters is 2. The van der Waals surface area contributed by atoms with Crippen LogP contribution in [0.3, 0.4) is 0 Å². The Kier molecular flexibility index (Phi) is 5.36. The lowest BCUT2D eigenvalue weighted by molar-refractivity contribution is -0.140. The van der Waals surface area contributed by atoms with E-state index in [2.05, 4.69) is 15.9 Å². The second-order valence-electron chi connectivity index (χ2n) is 4.49. The SMILES string of the molecule is COC(=O)C1=C(C(=O)OC)N(c2cc(Br)ccc2C#N)COC1. The minimum absolute atomic E-state index is 0.000185. The van der Waals surface area contributed by atoms with E-state index in [1.54, 1.807) is 18.2 Å². The first-order valence-electron chi connectivity index (χ1n) is 6.48. The van der Waals surface area contributed by atoms with Crippen molar-refractivity contribution >= 4 is 33.6 Å². The number of anilines is 1. The Morgan fingerprint density at radius 1 is 1.30 bits per heavy atom. The molecule has 0 spiro atoms. The van der Waals surface area contributed by atoms with Crippen LogP contribution in [-0.4, -0.2) is 39.5 Å². The molecule has 1 aliphatic rings. The van der Waals surface area contributed by atoms with Crippen molar-refractivity contribution in [3.63, 3.8) is 0 Å². The van der Waals surface area contributed by atoms with Crippen LogP contribution < -0.4 is 4.90 Å². The number of benzene rings is 1. The quantitative estimate of drug-likeness (QED) is 0.737. The number of nitrogens with zero attached hydrogens (tertiary/aromatic N) is 2. The second kappa shape index (κ2) is 7.26. The first-order valence-corrected chi connectivity index (χ1v) is 7.27. The molecule has 1 heterocycles. The van der Waals surface area contributed by atoms with Gasteiger partial charge >= 0.3 is 11.9 Å². The lowest BCUT2D eigenvalue weighted by Gasteiger charge is -2.31. The number of carbonyl (C=O) groups is 2. The summed E-state index contributed by atoms with van der Waals surface area (Å²) in [5.41, 5.74) is 0.780. The lowest BCUT2D eigenvalue weighted by Crippen LogP contribution is -2.39. The predicted octanol–water partition coefficient (Wildman–Crippen LogP) is 1.71. The van der Waals surface area contributed by atoms with Crippen LogP contribution in [0.25, 0.3) is 0 Å². The molecule has 0 unspecified atom stereocenters. The summed E-state index contributed by atoms with van der Waals surface area (Å²) in [5.74, 6) is -1.40. The van der Waals surface area contributed by atoms with Crippen molar-refractivity contribution < 1.29 is 23.8 Å². The van der Waals surface area contributed by atoms with Gasteiger partial charge in [0.2, 0.25) is 0 Å². The summed E-state index contributed by atoms with van der Waals surface area (Å²) in [4.78, 5) is 25.5. The monoisotopic (exact) mass is 380 g/mol. The number of carbonyl (C=O) groups excluding carboxylic acids is 2. The maximum absolute atomic E-state index is 12.2. The molecule has 0 radical (unpaired) electrons. The molecule has 1 aliphatic heterocycles. The van der Waals surface area contributed by atoms with E-state index >= 15 is 0 Å². The molecule has 0 saturated carbocycles. The molecule has 0 bridgehead atoms. The van der Waals surface area contributed by atoms with Gasteiger partial charge < -0.3 is 19.1 Å². The highest BCUT2D eigenvalue weighted by Crippen LogP contribution is 2.31. The van der Waals surface area contributed by atoms with E-state index in [1.165, 1.54) is 19.1 Å². The van der Waals surface area contributed by atoms with Crippen LogP contribution in [0.5, 0.6) is 0 Å². The van der Waals surface area contributed by atoms with Crippen LogP contribution in [0.4, 0.5) is 5.69 Å². The molecule has 0 amide bonds. The van der Waals surface area contributed by atoms with Gasteiger partial charge in [-0.2, -0.15) is 5.26 Å². The van der Waals surface area contributed by atoms with Gasteiger partial charge in [-0.15, -0.1) is 0 Å². The second-order valence-corrected chi connectivity index (χ2v) is 5.40. The fourth-order valence-electron chi connectivity index (χ4n) is 2.16. The number of hydrogen-bond donors (Lipinski definition) is 0. The number of nitriles is 1. The molecule has 0 atom stereocenters. The Balaban J connectivity index is 2.65. The van der Waals surface area contributed by atoms with E-state index < -0.39 is 11.9 Å². The third kappa shape index (κ3) is 3.36. The van der Waals surface area contributed by atoms with Gasteiger partial charge in [0, 0.05) is 4.47 Å². The van der Waals surface area contributed by atoms with Gasteiger partial charge in [0.15, 0.2) is 0 Å². The molecule has 0 aromatic heterocycles. The van der Waals surface area contributed by atoms with Gasteiger partial charge in [-0.1, -0.05) is 15.9 Å². The van der Waals surface area contributed by atoms with Gasteiger partial charge in [0.05, 0.1) is 37.7 Å². The maximum atomic E-state index is 12.2. The van der Waals surface area contributed by atoms with Crippen molar-refractivity contribution in [3.05, 3.63) is 39.5 Å². The summed E-state index contributed by atoms with van der Waals surface area (Å²) >= 11 is 3.32. The normalized spacial score (nSPS) is 14.3. The van der Waals surface area contributed by atoms with Crippen LogP contribution in [-0.2, 0) is 23.8 Å². The van der Waals surface area contributed by atoms with Crippen molar-refractivity contribution in [2.45, 2.75) is 0 Å². The molecule has 23 heavy (non-hydrogen) atoms. The molecular formula is C15H13BrN2O5. The summed E-state index contributed by atoms with van der Waals surface area (Å²) in [7, 11) is 2.42. The highest BCUT2D eigenvalue weighted by atomic mass is 79.9. The highest BCUT2D eigenvalue weighted by molar-refractivity contribution is 9.10. The predicted molar refractivity (Wildman–Crippen MR) is 83.2 cm³/mol. The summed E-state index contributed by atoms with van der Waals surface area (Å²) in [6.07, 6.45) is 0. The average Bonchev–Trinajstić information content (AvgIpc) is 2.59. The van der Waals surface area contributed by atoms with Crippen molar-refractivity contribution in [2.75, 3.05) is 32.5 Å². The molecule has 0 fully saturated rings. The van der Waals surface area contributed by atoms with Gasteiger partial charge in [0.1, 0.15) is 18.5 Å². The number of rotatable bonds is 3. The first-order chi connectivity index (χ1) is 11.0. The molecule has 8 heteroatoms. The van der Waals surface area contributed by atoms with Crippen molar-refractivity contribution in [1.29, 1.82) is 5.26 Å². The summed E-state index contributed by atoms with van der Waals surface area (Å²) in [6, 6.07) is 7.01. The fraction of sp³-hybridized carbons (Fsp3) is 0.267. The van der Waals surface area contributed by atoms with Crippen molar-refractivity contribution in [2.24, 2.45) is 0 Å². The molecule has 0 saturated heterocycles. The van der Waals surface area contributed by atoms with Crippen LogP contribution in [0, 0.1) is 11.3 Å². The largest absolute Gasteiger partial charge is 0.466 e. The van der Waals surface area contributed by atoms with Crippen LogP contribution >= 0.6 is 15.9 Å². The Bertz CT molecular complexity index is 723. The lowest BCUT2D eigenvalue weighted by atomic mass is 10.1. The fourth-order valence-corrected chi connectivity index (χ4v) is 2.51. The zero-order valence-electron chi connectivity index (χ0n) is 12.5. The van der Waals surface area contributed by atoms with Crippen LogP contribution in [0.2, 0.25) is 0 Å². The molecule has 0 N–H and O–H groups in total. The third-order valence-electron chi connectivity index (χ3n) is 3.20. The molecule has 0 aliphatic carbocycles. The molecule has 1 aromatic carbocycles. The van der Waals surface area contributed by atoms with Crippen LogP contribution in [0.1, 0.15) is 5.56 Å². The third-order valence-corrected chi connectivity index (χ3v) is 3.70. The van der Waals surface area contributed by atoms with E-state index in [4.69, 9.17) is 14.2 Å². The minimum atomic E-state index is -0.711. The number of halogens is 1. The van der Waals surface area contributed by atoms with Gasteiger partial charge in [0.25, 0.3) is 0 Å². The maximum Gasteiger partial charge on any atom is 0.355 e. The number of ether oxygens (including phenoxy) is 3. The van der Waals surface area contributed by atoms with Crippen LogP contribution in [0.15, 0.2) is 33.9 Å². The van der Waals surface area contributed by atoms with Gasteiger partial charge in [-0.05, 0) is 18.2 Å². The summed E-state index contributed by atoms with van der Waals surface area (Å²) < 4.78 is 15.5. The Hall–Kier alpha value is -2.37. The minimum Gasteiger partial charge on any atom is -0.466 e. The standard InChI is InChI=1S/C15H13BrN2O5/c1-21-14(19)11-7-23-8-18(13(11)15(20)22-2)12-5-10(16)4-3-9(12)6-17/h3-5H,7-8H2,1-2H3. The zero-order chi connectivity index (χ0) is 17.0. The first kappa shape index (κ1) is 17.0. The number of methoxy groups -OCH3 is 2. The summed E-state index contributed by atoms with van der Waals surface area (Å²) in [5, 5.41) is 9.29. The molecule has 2 rings (SSSR count). The topological polar surface area (TPSA) is 88.9 Å².